The minimum absolute atomic E-state index is 0.232. The summed E-state index contributed by atoms with van der Waals surface area (Å²) in [5.74, 6) is 0.232. The summed E-state index contributed by atoms with van der Waals surface area (Å²) in [7, 11) is 0. The third-order valence-electron chi connectivity index (χ3n) is 6.67. The average Bonchev–Trinajstić information content (AvgIpc) is 3.63. The maximum Gasteiger partial charge on any atom is 0.412 e. The number of amides is 1. The van der Waals surface area contributed by atoms with Gasteiger partial charge in [-0.1, -0.05) is 66.2 Å². The van der Waals surface area contributed by atoms with Gasteiger partial charge in [0.05, 0.1) is 26.0 Å². The van der Waals surface area contributed by atoms with E-state index >= 15 is 0 Å². The van der Waals surface area contributed by atoms with Crippen LogP contribution in [-0.2, 0) is 14.9 Å². The molecule has 7 heteroatoms. The van der Waals surface area contributed by atoms with Crippen molar-refractivity contribution in [1.82, 2.24) is 4.98 Å². The van der Waals surface area contributed by atoms with Gasteiger partial charge in [-0.2, -0.15) is 0 Å². The molecule has 1 aliphatic rings. The Bertz CT molecular complexity index is 1390. The third kappa shape index (κ3) is 4.92. The largest absolute Gasteiger partial charge is 0.441 e. The molecular weight excluding hydrogens is 492 g/mol. The zero-order valence-electron chi connectivity index (χ0n) is 20.0. The molecule has 2 heterocycles. The van der Waals surface area contributed by atoms with Crippen molar-refractivity contribution in [3.63, 3.8) is 0 Å². The Morgan fingerprint density at radius 1 is 1.03 bits per heavy atom. The van der Waals surface area contributed by atoms with Crippen LogP contribution in [0.3, 0.4) is 0 Å². The molecule has 1 atom stereocenters. The summed E-state index contributed by atoms with van der Waals surface area (Å²) in [6, 6.07) is 23.3. The van der Waals surface area contributed by atoms with E-state index in [0.29, 0.717) is 10.0 Å². The monoisotopic (exact) mass is 516 g/mol. The number of nitrogens with one attached hydrogen (secondary N) is 1. The summed E-state index contributed by atoms with van der Waals surface area (Å²) in [6.07, 6.45) is 2.68. The number of carbonyl (C=O) groups excluding carboxylic acids is 2. The number of nitrogens with zero attached hydrogens (tertiary/aromatic N) is 1. The highest BCUT2D eigenvalue weighted by atomic mass is 35.5. The number of Topliss-reactive ketones (excluding diaryl/α,β-unsaturated/α-hetero) is 1. The SMILES string of the molecule is CC(=O)C1(c2ccc(-c3ccc(-c4sc(Cl)cc4NC(=O)O[C@H](C)c4ccccc4)cn3)cc2)CC1. The topological polar surface area (TPSA) is 68.3 Å². The molecule has 5 nitrogen and oxygen atoms in total. The van der Waals surface area contributed by atoms with Gasteiger partial charge in [0, 0.05) is 17.3 Å². The van der Waals surface area contributed by atoms with Crippen molar-refractivity contribution in [3.05, 3.63) is 94.5 Å². The summed E-state index contributed by atoms with van der Waals surface area (Å²) >= 11 is 7.65. The van der Waals surface area contributed by atoms with Crippen LogP contribution in [0, 0.1) is 0 Å². The highest BCUT2D eigenvalue weighted by Crippen LogP contribution is 2.49. The zero-order valence-corrected chi connectivity index (χ0v) is 21.5. The minimum atomic E-state index is -0.550. The number of pyridine rings is 1. The average molecular weight is 517 g/mol. The fourth-order valence-corrected chi connectivity index (χ4v) is 5.56. The Hall–Kier alpha value is -3.48. The minimum Gasteiger partial charge on any atom is -0.441 e. The Morgan fingerprint density at radius 2 is 1.72 bits per heavy atom. The number of rotatable bonds is 7. The number of thiophene rings is 1. The van der Waals surface area contributed by atoms with E-state index in [2.05, 4.69) is 10.3 Å². The summed E-state index contributed by atoms with van der Waals surface area (Å²) in [5, 5.41) is 2.82. The van der Waals surface area contributed by atoms with Crippen molar-refractivity contribution in [2.45, 2.75) is 38.2 Å². The zero-order chi connectivity index (χ0) is 25.3. The standard InChI is InChI=1S/C29H25ClN2O3S/c1-18(20-6-4-3-5-7-20)35-28(34)32-25-16-26(30)36-27(25)22-10-13-24(31-17-22)21-8-11-23(12-9-21)29(14-15-29)19(2)33/h3-13,16-18H,14-15H2,1-2H3,(H,32,34)/t18-/m1/s1. The van der Waals surface area contributed by atoms with Gasteiger partial charge in [0.15, 0.2) is 0 Å². The van der Waals surface area contributed by atoms with Crippen LogP contribution in [0.1, 0.15) is 43.9 Å². The maximum absolute atomic E-state index is 12.6. The van der Waals surface area contributed by atoms with E-state index in [0.717, 1.165) is 45.7 Å². The first-order valence-corrected chi connectivity index (χ1v) is 13.0. The molecule has 182 valence electrons. The summed E-state index contributed by atoms with van der Waals surface area (Å²) < 4.78 is 6.10. The summed E-state index contributed by atoms with van der Waals surface area (Å²) in [5.41, 5.74) is 4.93. The fraction of sp³-hybridized carbons (Fsp3) is 0.207. The van der Waals surface area contributed by atoms with E-state index < -0.39 is 6.09 Å². The lowest BCUT2D eigenvalue weighted by Crippen LogP contribution is -2.16. The van der Waals surface area contributed by atoms with Crippen molar-refractivity contribution in [2.75, 3.05) is 5.32 Å². The molecule has 1 aliphatic carbocycles. The highest BCUT2D eigenvalue weighted by Gasteiger charge is 2.48. The maximum atomic E-state index is 12.6. The number of hydrogen-bond acceptors (Lipinski definition) is 5. The number of carbonyl (C=O) groups is 2. The molecule has 0 radical (unpaired) electrons. The van der Waals surface area contributed by atoms with Crippen molar-refractivity contribution >= 4 is 40.5 Å². The Kier molecular flexibility index (Phi) is 6.65. The van der Waals surface area contributed by atoms with Crippen LogP contribution in [0.4, 0.5) is 10.5 Å². The van der Waals surface area contributed by atoms with E-state index in [-0.39, 0.29) is 17.3 Å². The Balaban J connectivity index is 1.30. The number of aromatic nitrogens is 1. The first-order valence-electron chi connectivity index (χ1n) is 11.8. The van der Waals surface area contributed by atoms with E-state index in [1.807, 2.05) is 73.7 Å². The van der Waals surface area contributed by atoms with Crippen LogP contribution in [0.2, 0.25) is 4.34 Å². The van der Waals surface area contributed by atoms with E-state index in [4.69, 9.17) is 16.3 Å². The normalized spacial score (nSPS) is 14.6. The molecule has 4 aromatic rings. The summed E-state index contributed by atoms with van der Waals surface area (Å²) in [4.78, 5) is 30.0. The molecule has 2 aromatic carbocycles. The van der Waals surface area contributed by atoms with Gasteiger partial charge in [0.1, 0.15) is 11.9 Å². The number of benzene rings is 2. The van der Waals surface area contributed by atoms with E-state index in [1.165, 1.54) is 11.3 Å². The molecule has 1 N–H and O–H groups in total. The lowest BCUT2D eigenvalue weighted by atomic mass is 9.91. The number of ether oxygens (including phenoxy) is 1. The third-order valence-corrected chi connectivity index (χ3v) is 7.99. The second kappa shape index (κ2) is 9.88. The predicted octanol–water partition coefficient (Wildman–Crippen LogP) is 8.06. The van der Waals surface area contributed by atoms with Gasteiger partial charge in [-0.25, -0.2) is 4.79 Å². The van der Waals surface area contributed by atoms with Crippen LogP contribution >= 0.6 is 22.9 Å². The van der Waals surface area contributed by atoms with E-state index in [9.17, 15) is 9.59 Å². The van der Waals surface area contributed by atoms with Crippen LogP contribution < -0.4 is 5.32 Å². The van der Waals surface area contributed by atoms with E-state index in [1.54, 1.807) is 19.2 Å². The van der Waals surface area contributed by atoms with Crippen molar-refractivity contribution < 1.29 is 14.3 Å². The lowest BCUT2D eigenvalue weighted by molar-refractivity contribution is -0.119. The lowest BCUT2D eigenvalue weighted by Gasteiger charge is -2.14. The smallest absolute Gasteiger partial charge is 0.412 e. The molecule has 0 bridgehead atoms. The van der Waals surface area contributed by atoms with Gasteiger partial charge in [0.25, 0.3) is 0 Å². The summed E-state index contributed by atoms with van der Waals surface area (Å²) in [6.45, 7) is 3.50. The molecule has 1 amide bonds. The van der Waals surface area contributed by atoms with Crippen LogP contribution in [0.5, 0.6) is 0 Å². The molecule has 1 fully saturated rings. The van der Waals surface area contributed by atoms with Gasteiger partial charge in [-0.05, 0) is 56.0 Å². The van der Waals surface area contributed by atoms with Crippen LogP contribution in [0.25, 0.3) is 21.7 Å². The number of anilines is 1. The molecule has 2 aromatic heterocycles. The van der Waals surface area contributed by atoms with Crippen molar-refractivity contribution in [2.24, 2.45) is 0 Å². The molecule has 0 unspecified atom stereocenters. The quantitative estimate of drug-likeness (QED) is 0.269. The van der Waals surface area contributed by atoms with Crippen molar-refractivity contribution in [1.29, 1.82) is 0 Å². The predicted molar refractivity (Wildman–Crippen MR) is 145 cm³/mol. The molecule has 0 aliphatic heterocycles. The molecule has 1 saturated carbocycles. The second-order valence-corrected chi connectivity index (χ2v) is 10.7. The Labute approximate surface area is 219 Å². The molecule has 5 rings (SSSR count). The second-order valence-electron chi connectivity index (χ2n) is 9.02. The fourth-order valence-electron chi connectivity index (χ4n) is 4.39. The van der Waals surface area contributed by atoms with Gasteiger partial charge < -0.3 is 4.74 Å². The van der Waals surface area contributed by atoms with Crippen molar-refractivity contribution in [3.8, 4) is 21.7 Å². The number of ketones is 1. The van der Waals surface area contributed by atoms with Gasteiger partial charge in [-0.3, -0.25) is 15.1 Å². The van der Waals surface area contributed by atoms with Gasteiger partial charge >= 0.3 is 6.09 Å². The molecule has 36 heavy (non-hydrogen) atoms. The first-order chi connectivity index (χ1) is 17.4. The van der Waals surface area contributed by atoms with Crippen LogP contribution in [0.15, 0.2) is 79.0 Å². The molecule has 0 spiro atoms. The van der Waals surface area contributed by atoms with Gasteiger partial charge in [0.2, 0.25) is 0 Å². The number of halogens is 1. The Morgan fingerprint density at radius 3 is 2.33 bits per heavy atom. The van der Waals surface area contributed by atoms with Crippen LogP contribution in [-0.4, -0.2) is 16.9 Å². The molecule has 0 saturated heterocycles. The van der Waals surface area contributed by atoms with Gasteiger partial charge in [-0.15, -0.1) is 11.3 Å². The number of hydrogen-bond donors (Lipinski definition) is 1. The highest BCUT2D eigenvalue weighted by molar-refractivity contribution is 7.20. The first kappa shape index (κ1) is 24.2. The molecular formula is C29H25ClN2O3S.